The molecular weight excluding hydrogens is 312 g/mol. The zero-order valence-corrected chi connectivity index (χ0v) is 12.2. The van der Waals surface area contributed by atoms with Crippen LogP contribution in [0.5, 0.6) is 5.75 Å². The van der Waals surface area contributed by atoms with Crippen molar-refractivity contribution < 1.29 is 27.4 Å². The number of rotatable bonds is 5. The van der Waals surface area contributed by atoms with Gasteiger partial charge in [0, 0.05) is 16.7 Å². The first kappa shape index (κ1) is 17.0. The Morgan fingerprint density at radius 1 is 0.913 bits per heavy atom. The van der Waals surface area contributed by atoms with Crippen molar-refractivity contribution in [2.75, 3.05) is 13.2 Å². The third-order valence-electron chi connectivity index (χ3n) is 3.15. The van der Waals surface area contributed by atoms with Crippen molar-refractivity contribution in [3.05, 3.63) is 59.2 Å². The molecule has 0 amide bonds. The fourth-order valence-corrected chi connectivity index (χ4v) is 2.09. The lowest BCUT2D eigenvalue weighted by molar-refractivity contribution is 0.314. The summed E-state index contributed by atoms with van der Waals surface area (Å²) >= 11 is 0. The molecule has 0 saturated heterocycles. The largest absolute Gasteiger partial charge is 0.491 e. The summed E-state index contributed by atoms with van der Waals surface area (Å²) in [6, 6.07) is 4.65. The maximum absolute atomic E-state index is 14.1. The molecule has 0 bridgehead atoms. The van der Waals surface area contributed by atoms with Crippen molar-refractivity contribution in [2.45, 2.75) is 6.92 Å². The SMILES string of the molecule is CCOc1ccc(-c2ccc(/C=C/CO)c(F)c2F)c(F)c1F. The van der Waals surface area contributed by atoms with Crippen LogP contribution in [-0.4, -0.2) is 18.3 Å². The van der Waals surface area contributed by atoms with E-state index in [2.05, 4.69) is 0 Å². The lowest BCUT2D eigenvalue weighted by atomic mass is 10.0. The van der Waals surface area contributed by atoms with Gasteiger partial charge in [-0.25, -0.2) is 13.2 Å². The molecule has 0 aromatic heterocycles. The number of hydrogen-bond donors (Lipinski definition) is 1. The quantitative estimate of drug-likeness (QED) is 0.830. The minimum atomic E-state index is -1.31. The highest BCUT2D eigenvalue weighted by atomic mass is 19.2. The first-order valence-corrected chi connectivity index (χ1v) is 6.87. The van der Waals surface area contributed by atoms with Gasteiger partial charge in [-0.1, -0.05) is 24.3 Å². The van der Waals surface area contributed by atoms with Gasteiger partial charge in [0.25, 0.3) is 0 Å². The van der Waals surface area contributed by atoms with E-state index >= 15 is 0 Å². The van der Waals surface area contributed by atoms with Crippen LogP contribution in [0.2, 0.25) is 0 Å². The zero-order valence-electron chi connectivity index (χ0n) is 12.2. The number of halogens is 4. The van der Waals surface area contributed by atoms with Crippen molar-refractivity contribution in [3.8, 4) is 16.9 Å². The fourth-order valence-electron chi connectivity index (χ4n) is 2.09. The summed E-state index contributed by atoms with van der Waals surface area (Å²) in [5.74, 6) is -5.37. The van der Waals surface area contributed by atoms with Gasteiger partial charge >= 0.3 is 0 Å². The van der Waals surface area contributed by atoms with Gasteiger partial charge in [-0.3, -0.25) is 0 Å². The Morgan fingerprint density at radius 2 is 1.52 bits per heavy atom. The molecule has 2 aromatic rings. The monoisotopic (exact) mass is 326 g/mol. The van der Waals surface area contributed by atoms with E-state index in [1.54, 1.807) is 6.92 Å². The summed E-state index contributed by atoms with van der Waals surface area (Å²) < 4.78 is 61.0. The summed E-state index contributed by atoms with van der Waals surface area (Å²) in [5, 5.41) is 8.65. The van der Waals surface area contributed by atoms with Crippen LogP contribution in [0.4, 0.5) is 17.6 Å². The molecule has 0 heterocycles. The van der Waals surface area contributed by atoms with Crippen LogP contribution in [0.1, 0.15) is 12.5 Å². The van der Waals surface area contributed by atoms with Crippen LogP contribution in [-0.2, 0) is 0 Å². The van der Waals surface area contributed by atoms with Crippen molar-refractivity contribution in [2.24, 2.45) is 0 Å². The van der Waals surface area contributed by atoms with E-state index in [1.807, 2.05) is 0 Å². The Labute approximate surface area is 130 Å². The zero-order chi connectivity index (χ0) is 17.0. The highest BCUT2D eigenvalue weighted by Crippen LogP contribution is 2.33. The molecule has 0 atom stereocenters. The number of aliphatic hydroxyl groups is 1. The molecule has 0 aliphatic rings. The predicted molar refractivity (Wildman–Crippen MR) is 79.0 cm³/mol. The molecule has 0 aliphatic carbocycles. The summed E-state index contributed by atoms with van der Waals surface area (Å²) in [6.45, 7) is 1.42. The Bertz CT molecular complexity index is 742. The third kappa shape index (κ3) is 3.37. The van der Waals surface area contributed by atoms with Crippen LogP contribution >= 0.6 is 0 Å². The first-order valence-electron chi connectivity index (χ1n) is 6.87. The molecule has 6 heteroatoms. The molecule has 1 N–H and O–H groups in total. The average molecular weight is 326 g/mol. The van der Waals surface area contributed by atoms with Gasteiger partial charge in [0.1, 0.15) is 0 Å². The van der Waals surface area contributed by atoms with E-state index < -0.39 is 34.4 Å². The van der Waals surface area contributed by atoms with Gasteiger partial charge in [-0.05, 0) is 19.1 Å². The second-order valence-electron chi connectivity index (χ2n) is 4.59. The first-order chi connectivity index (χ1) is 11.0. The molecule has 2 rings (SSSR count). The molecule has 0 saturated carbocycles. The topological polar surface area (TPSA) is 29.5 Å². The van der Waals surface area contributed by atoms with Crippen molar-refractivity contribution >= 4 is 6.08 Å². The van der Waals surface area contributed by atoms with Gasteiger partial charge < -0.3 is 9.84 Å². The molecular formula is C17H14F4O2. The number of ether oxygens (including phenoxy) is 1. The Morgan fingerprint density at radius 3 is 2.13 bits per heavy atom. The highest BCUT2D eigenvalue weighted by Gasteiger charge is 2.20. The van der Waals surface area contributed by atoms with E-state index in [4.69, 9.17) is 9.84 Å². The smallest absolute Gasteiger partial charge is 0.201 e. The molecule has 0 radical (unpaired) electrons. The maximum Gasteiger partial charge on any atom is 0.201 e. The minimum Gasteiger partial charge on any atom is -0.491 e. The number of aliphatic hydroxyl groups excluding tert-OH is 1. The summed E-state index contributed by atoms with van der Waals surface area (Å²) in [7, 11) is 0. The molecule has 122 valence electrons. The van der Waals surface area contributed by atoms with Gasteiger partial charge in [-0.15, -0.1) is 0 Å². The van der Waals surface area contributed by atoms with E-state index in [0.29, 0.717) is 0 Å². The standard InChI is InChI=1S/C17H14F4O2/c1-2-23-13-8-7-12(16(20)17(13)21)11-6-5-10(4-3-9-22)14(18)15(11)19/h3-8,22H,2,9H2,1H3/b4-3+. The number of hydrogen-bond acceptors (Lipinski definition) is 2. The van der Waals surface area contributed by atoms with Crippen LogP contribution in [0, 0.1) is 23.3 Å². The maximum atomic E-state index is 14.1. The van der Waals surface area contributed by atoms with Gasteiger partial charge in [0.2, 0.25) is 5.82 Å². The van der Waals surface area contributed by atoms with Gasteiger partial charge in [-0.2, -0.15) is 4.39 Å². The molecule has 2 aromatic carbocycles. The van der Waals surface area contributed by atoms with Crippen LogP contribution < -0.4 is 4.74 Å². The van der Waals surface area contributed by atoms with Crippen molar-refractivity contribution in [1.29, 1.82) is 0 Å². The lowest BCUT2D eigenvalue weighted by Crippen LogP contribution is -2.00. The second-order valence-corrected chi connectivity index (χ2v) is 4.59. The van der Waals surface area contributed by atoms with Crippen molar-refractivity contribution in [3.63, 3.8) is 0 Å². The van der Waals surface area contributed by atoms with E-state index in [9.17, 15) is 17.6 Å². The molecule has 0 fully saturated rings. The summed E-state index contributed by atoms with van der Waals surface area (Å²) in [5.41, 5.74) is -0.907. The molecule has 2 nitrogen and oxygen atoms in total. The minimum absolute atomic E-state index is 0.105. The van der Waals surface area contributed by atoms with Crippen LogP contribution in [0.3, 0.4) is 0 Å². The molecule has 0 spiro atoms. The Balaban J connectivity index is 2.53. The van der Waals surface area contributed by atoms with Crippen LogP contribution in [0.15, 0.2) is 30.3 Å². The third-order valence-corrected chi connectivity index (χ3v) is 3.15. The predicted octanol–water partition coefficient (Wildman–Crippen LogP) is 4.31. The molecule has 0 aliphatic heterocycles. The second kappa shape index (κ2) is 7.28. The molecule has 0 unspecified atom stereocenters. The normalized spacial score (nSPS) is 11.2. The highest BCUT2D eigenvalue weighted by molar-refractivity contribution is 5.68. The van der Waals surface area contributed by atoms with Crippen LogP contribution in [0.25, 0.3) is 17.2 Å². The van der Waals surface area contributed by atoms with E-state index in [0.717, 1.165) is 18.2 Å². The fraction of sp³-hybridized carbons (Fsp3) is 0.176. The number of benzene rings is 2. The summed E-state index contributed by atoms with van der Waals surface area (Å²) in [4.78, 5) is 0. The Hall–Kier alpha value is -2.34. The lowest BCUT2D eigenvalue weighted by Gasteiger charge is -2.11. The Kier molecular flexibility index (Phi) is 5.39. The van der Waals surface area contributed by atoms with Crippen molar-refractivity contribution in [1.82, 2.24) is 0 Å². The van der Waals surface area contributed by atoms with E-state index in [-0.39, 0.29) is 24.5 Å². The van der Waals surface area contributed by atoms with E-state index in [1.165, 1.54) is 18.2 Å². The van der Waals surface area contributed by atoms with Gasteiger partial charge in [0.05, 0.1) is 13.2 Å². The molecule has 23 heavy (non-hydrogen) atoms. The summed E-state index contributed by atoms with van der Waals surface area (Å²) in [6.07, 6.45) is 2.42. The van der Waals surface area contributed by atoms with Gasteiger partial charge in [0.15, 0.2) is 23.2 Å². The average Bonchev–Trinajstić information content (AvgIpc) is 2.54.